The summed E-state index contributed by atoms with van der Waals surface area (Å²) < 4.78 is 103. The number of nitrogens with one attached hydrogen (secondary N) is 1. The molecule has 1 unspecified atom stereocenters. The monoisotopic (exact) mass is 729 g/mol. The van der Waals surface area contributed by atoms with E-state index in [1.807, 2.05) is 0 Å². The first-order valence-electron chi connectivity index (χ1n) is 14.6. The van der Waals surface area contributed by atoms with E-state index in [4.69, 9.17) is 0 Å². The van der Waals surface area contributed by atoms with Crippen LogP contribution in [0, 0.1) is 11.6 Å². The van der Waals surface area contributed by atoms with Crippen LogP contribution >= 0.6 is 11.3 Å². The number of carboxylic acids is 1. The Morgan fingerprint density at radius 2 is 1.33 bits per heavy atom. The average Bonchev–Trinajstić information content (AvgIpc) is 3.63. The standard InChI is InChI=1S/C22H15F4N3O2S.C14H8F4O/c1-11-17(21(30)31)18(29-19(28-11)20-27-8-9-32-20)15-7-6-14(23)10-16(15)12-2-4-13(5-3-12)22(24,25)26;15-12-6-3-10(8-19)13(7-12)9-1-4-11(5-2-9)14(16,17)18/h2-10,18H,1H3,(H,28,29)(H,30,31);1-8H. The minimum absolute atomic E-state index is 0.0509. The van der Waals surface area contributed by atoms with Crippen LogP contribution in [-0.2, 0) is 17.1 Å². The molecule has 1 aliphatic rings. The number of aldehydes is 1. The van der Waals surface area contributed by atoms with E-state index in [-0.39, 0.29) is 22.3 Å². The molecule has 4 aromatic carbocycles. The lowest BCUT2D eigenvalue weighted by Gasteiger charge is -2.26. The van der Waals surface area contributed by atoms with Gasteiger partial charge in [-0.1, -0.05) is 30.3 Å². The molecule has 0 radical (unpaired) electrons. The lowest BCUT2D eigenvalue weighted by molar-refractivity contribution is -0.138. The highest BCUT2D eigenvalue weighted by atomic mass is 32.1. The van der Waals surface area contributed by atoms with Crippen molar-refractivity contribution in [3.63, 3.8) is 0 Å². The number of carboxylic acid groups (broad SMARTS) is 1. The molecule has 2 N–H and O–H groups in total. The van der Waals surface area contributed by atoms with Crippen molar-refractivity contribution in [3.05, 3.63) is 147 Å². The molecule has 1 aromatic heterocycles. The van der Waals surface area contributed by atoms with Crippen LogP contribution in [0.15, 0.2) is 113 Å². The fraction of sp³-hybridized carbons (Fsp3) is 0.111. The second-order valence-corrected chi connectivity index (χ2v) is 11.8. The summed E-state index contributed by atoms with van der Waals surface area (Å²) in [6.07, 6.45) is -6.82. The van der Waals surface area contributed by atoms with Crippen molar-refractivity contribution in [2.75, 3.05) is 0 Å². The molecule has 0 saturated heterocycles. The maximum atomic E-state index is 14.1. The van der Waals surface area contributed by atoms with Crippen LogP contribution in [0.5, 0.6) is 0 Å². The van der Waals surface area contributed by atoms with E-state index in [2.05, 4.69) is 15.3 Å². The van der Waals surface area contributed by atoms with E-state index in [9.17, 15) is 49.8 Å². The van der Waals surface area contributed by atoms with Gasteiger partial charge >= 0.3 is 18.3 Å². The van der Waals surface area contributed by atoms with Gasteiger partial charge in [-0.05, 0) is 89.3 Å². The number of halogens is 8. The minimum Gasteiger partial charge on any atom is -0.478 e. The Labute approximate surface area is 288 Å². The highest BCUT2D eigenvalue weighted by Crippen LogP contribution is 2.39. The maximum Gasteiger partial charge on any atom is 0.416 e. The third kappa shape index (κ3) is 8.37. The highest BCUT2D eigenvalue weighted by Gasteiger charge is 2.33. The zero-order valence-corrected chi connectivity index (χ0v) is 26.8. The molecule has 6 nitrogen and oxygen atoms in total. The zero-order valence-electron chi connectivity index (χ0n) is 26.0. The van der Waals surface area contributed by atoms with Crippen molar-refractivity contribution >= 4 is 29.4 Å². The molecule has 51 heavy (non-hydrogen) atoms. The van der Waals surface area contributed by atoms with Crippen LogP contribution < -0.4 is 5.32 Å². The van der Waals surface area contributed by atoms with Gasteiger partial charge in [0, 0.05) is 22.8 Å². The number of alkyl halides is 6. The van der Waals surface area contributed by atoms with E-state index in [1.165, 1.54) is 53.8 Å². The Morgan fingerprint density at radius 1 is 0.804 bits per heavy atom. The number of carbonyl (C=O) groups is 2. The molecule has 0 aliphatic carbocycles. The molecule has 0 saturated carbocycles. The SMILES string of the molecule is CC1=C(C(=O)O)C(c2ccc(F)cc2-c2ccc(C(F)(F)F)cc2)N=C(c2nccs2)N1.O=Cc1ccc(F)cc1-c1ccc(C(F)(F)F)cc1. The van der Waals surface area contributed by atoms with Crippen LogP contribution in [0.1, 0.15) is 45.0 Å². The summed E-state index contributed by atoms with van der Waals surface area (Å²) in [5.74, 6) is -2.03. The molecule has 6 rings (SSSR count). The zero-order chi connectivity index (χ0) is 37.1. The summed E-state index contributed by atoms with van der Waals surface area (Å²) in [6, 6.07) is 14.7. The second kappa shape index (κ2) is 14.6. The number of aliphatic carboxylic acids is 1. The molecular formula is C36H23F8N3O3S. The Balaban J connectivity index is 0.000000226. The highest BCUT2D eigenvalue weighted by molar-refractivity contribution is 7.11. The predicted octanol–water partition coefficient (Wildman–Crippen LogP) is 9.74. The molecule has 0 amide bonds. The number of aromatic nitrogens is 1. The van der Waals surface area contributed by atoms with Crippen LogP contribution in [0.2, 0.25) is 0 Å². The fourth-order valence-corrected chi connectivity index (χ4v) is 5.79. The fourth-order valence-electron chi connectivity index (χ4n) is 5.20. The molecule has 1 atom stereocenters. The number of hydrogen-bond donors (Lipinski definition) is 2. The quantitative estimate of drug-likeness (QED) is 0.134. The average molecular weight is 730 g/mol. The Bertz CT molecular complexity index is 2130. The topological polar surface area (TPSA) is 91.7 Å². The number of nitrogens with zero attached hydrogens (tertiary/aromatic N) is 2. The Morgan fingerprint density at radius 3 is 1.82 bits per heavy atom. The number of carbonyl (C=O) groups excluding carboxylic acids is 1. The summed E-state index contributed by atoms with van der Waals surface area (Å²) in [5.41, 5.74) is 0.402. The van der Waals surface area contributed by atoms with Gasteiger partial charge in [0.25, 0.3) is 0 Å². The van der Waals surface area contributed by atoms with E-state index in [0.29, 0.717) is 39.5 Å². The van der Waals surface area contributed by atoms with Gasteiger partial charge in [0.15, 0.2) is 17.1 Å². The smallest absolute Gasteiger partial charge is 0.416 e. The Kier molecular flexibility index (Phi) is 10.5. The first kappa shape index (κ1) is 36.6. The van der Waals surface area contributed by atoms with Crippen molar-refractivity contribution in [1.29, 1.82) is 0 Å². The van der Waals surface area contributed by atoms with Gasteiger partial charge in [0.2, 0.25) is 0 Å². The molecule has 0 fully saturated rings. The maximum absolute atomic E-state index is 14.1. The van der Waals surface area contributed by atoms with Crippen LogP contribution in [0.4, 0.5) is 35.1 Å². The second-order valence-electron chi connectivity index (χ2n) is 10.9. The molecule has 0 bridgehead atoms. The van der Waals surface area contributed by atoms with Crippen molar-refractivity contribution in [3.8, 4) is 22.3 Å². The lowest BCUT2D eigenvalue weighted by atomic mass is 9.89. The van der Waals surface area contributed by atoms with E-state index < -0.39 is 47.1 Å². The summed E-state index contributed by atoms with van der Waals surface area (Å²) >= 11 is 1.30. The number of rotatable bonds is 6. The number of allylic oxidation sites excluding steroid dienone is 1. The van der Waals surface area contributed by atoms with Gasteiger partial charge in [-0.25, -0.2) is 18.6 Å². The molecule has 2 heterocycles. The molecule has 262 valence electrons. The number of benzene rings is 4. The predicted molar refractivity (Wildman–Crippen MR) is 174 cm³/mol. The number of aliphatic imine (C=N–C) groups is 1. The van der Waals surface area contributed by atoms with Crippen LogP contribution in [0.3, 0.4) is 0 Å². The molecule has 0 spiro atoms. The van der Waals surface area contributed by atoms with Gasteiger partial charge in [-0.3, -0.25) is 9.79 Å². The summed E-state index contributed by atoms with van der Waals surface area (Å²) in [6.45, 7) is 1.58. The summed E-state index contributed by atoms with van der Waals surface area (Å²) in [4.78, 5) is 31.6. The van der Waals surface area contributed by atoms with Gasteiger partial charge in [0.1, 0.15) is 17.7 Å². The minimum atomic E-state index is -4.51. The van der Waals surface area contributed by atoms with Gasteiger partial charge in [0.05, 0.1) is 16.7 Å². The Hall–Kier alpha value is -5.70. The number of hydrogen-bond acceptors (Lipinski definition) is 6. The molecular weight excluding hydrogens is 706 g/mol. The van der Waals surface area contributed by atoms with Crippen molar-refractivity contribution in [2.45, 2.75) is 25.3 Å². The van der Waals surface area contributed by atoms with Gasteiger partial charge < -0.3 is 10.4 Å². The van der Waals surface area contributed by atoms with Crippen molar-refractivity contribution in [2.24, 2.45) is 4.99 Å². The largest absolute Gasteiger partial charge is 0.478 e. The van der Waals surface area contributed by atoms with Gasteiger partial charge in [-0.2, -0.15) is 26.3 Å². The van der Waals surface area contributed by atoms with Gasteiger partial charge in [-0.15, -0.1) is 11.3 Å². The van der Waals surface area contributed by atoms with E-state index >= 15 is 0 Å². The molecule has 15 heteroatoms. The summed E-state index contributed by atoms with van der Waals surface area (Å²) in [7, 11) is 0. The first-order chi connectivity index (χ1) is 24.1. The van der Waals surface area contributed by atoms with E-state index in [1.54, 1.807) is 18.5 Å². The number of thiazole rings is 1. The van der Waals surface area contributed by atoms with Crippen LogP contribution in [0.25, 0.3) is 22.3 Å². The third-order valence-corrected chi connectivity index (χ3v) is 8.39. The molecule has 5 aromatic rings. The summed E-state index contributed by atoms with van der Waals surface area (Å²) in [5, 5.41) is 15.0. The molecule has 1 aliphatic heterocycles. The number of amidine groups is 1. The van der Waals surface area contributed by atoms with E-state index in [0.717, 1.165) is 42.5 Å². The van der Waals surface area contributed by atoms with Crippen LogP contribution in [-0.4, -0.2) is 28.2 Å². The third-order valence-electron chi connectivity index (χ3n) is 7.61. The normalized spacial score (nSPS) is 14.6. The van der Waals surface area contributed by atoms with Crippen molar-refractivity contribution in [1.82, 2.24) is 10.3 Å². The first-order valence-corrected chi connectivity index (χ1v) is 15.5. The van der Waals surface area contributed by atoms with Crippen molar-refractivity contribution < 1.29 is 49.8 Å². The lowest BCUT2D eigenvalue weighted by Crippen LogP contribution is -2.32.